The van der Waals surface area contributed by atoms with Gasteiger partial charge in [0.05, 0.1) is 19.8 Å². The van der Waals surface area contributed by atoms with Gasteiger partial charge in [0.2, 0.25) is 5.88 Å². The van der Waals surface area contributed by atoms with Crippen LogP contribution in [0.3, 0.4) is 0 Å². The topological polar surface area (TPSA) is 62.4 Å². The SMILES string of the molecule is COc1cc(OCCNCCCF)ncc1[C@@H]1c2[nH]c3ccccc3c2CCN1CC(C)(C)F. The van der Waals surface area contributed by atoms with Crippen LogP contribution in [0.2, 0.25) is 0 Å². The fourth-order valence-corrected chi connectivity index (χ4v) is 4.73. The second-order valence-electron chi connectivity index (χ2n) is 9.31. The van der Waals surface area contributed by atoms with Gasteiger partial charge in [0.1, 0.15) is 18.0 Å². The van der Waals surface area contributed by atoms with Gasteiger partial charge in [-0.1, -0.05) is 18.2 Å². The molecule has 1 aliphatic rings. The Morgan fingerprint density at radius 2 is 2.09 bits per heavy atom. The van der Waals surface area contributed by atoms with Crippen LogP contribution in [0.15, 0.2) is 36.5 Å². The quantitative estimate of drug-likeness (QED) is 0.400. The third-order valence-electron chi connectivity index (χ3n) is 6.11. The molecular formula is C26H34F2N4O2. The van der Waals surface area contributed by atoms with E-state index in [1.807, 2.05) is 12.1 Å². The number of para-hydroxylation sites is 1. The number of H-pyrrole nitrogens is 1. The van der Waals surface area contributed by atoms with Gasteiger partial charge >= 0.3 is 0 Å². The summed E-state index contributed by atoms with van der Waals surface area (Å²) in [5, 5.41) is 4.33. The van der Waals surface area contributed by atoms with Crippen molar-refractivity contribution in [3.63, 3.8) is 0 Å². The molecule has 3 aromatic rings. The van der Waals surface area contributed by atoms with Crippen molar-refractivity contribution in [1.29, 1.82) is 0 Å². The predicted octanol–water partition coefficient (Wildman–Crippen LogP) is 4.60. The highest BCUT2D eigenvalue weighted by Gasteiger charge is 2.36. The number of nitrogens with zero attached hydrogens (tertiary/aromatic N) is 2. The molecule has 0 saturated heterocycles. The maximum atomic E-state index is 14.8. The summed E-state index contributed by atoms with van der Waals surface area (Å²) in [5.74, 6) is 1.10. The Balaban J connectivity index is 1.64. The summed E-state index contributed by atoms with van der Waals surface area (Å²) in [5.41, 5.74) is 2.91. The molecular weight excluding hydrogens is 438 g/mol. The zero-order valence-corrected chi connectivity index (χ0v) is 20.2. The number of fused-ring (bicyclic) bond motifs is 3. The molecule has 1 atom stereocenters. The van der Waals surface area contributed by atoms with Gasteiger partial charge in [-0.2, -0.15) is 0 Å². The average molecular weight is 473 g/mol. The molecule has 3 heterocycles. The number of nitrogens with one attached hydrogen (secondary N) is 2. The Kier molecular flexibility index (Phi) is 7.68. The van der Waals surface area contributed by atoms with Crippen LogP contribution in [-0.2, 0) is 6.42 Å². The van der Waals surface area contributed by atoms with Gasteiger partial charge in [-0.25, -0.2) is 9.37 Å². The molecule has 0 bridgehead atoms. The van der Waals surface area contributed by atoms with Crippen LogP contribution in [-0.4, -0.2) is 67.1 Å². The molecule has 34 heavy (non-hydrogen) atoms. The van der Waals surface area contributed by atoms with Crippen LogP contribution in [0.5, 0.6) is 11.6 Å². The summed E-state index contributed by atoms with van der Waals surface area (Å²) in [6.45, 7) is 5.55. The maximum Gasteiger partial charge on any atom is 0.217 e. The smallest absolute Gasteiger partial charge is 0.217 e. The molecule has 0 saturated carbocycles. The van der Waals surface area contributed by atoms with E-state index in [2.05, 4.69) is 32.3 Å². The Morgan fingerprint density at radius 1 is 1.26 bits per heavy atom. The summed E-state index contributed by atoms with van der Waals surface area (Å²) in [6, 6.07) is 9.83. The van der Waals surface area contributed by atoms with Crippen LogP contribution >= 0.6 is 0 Å². The highest BCUT2D eigenvalue weighted by molar-refractivity contribution is 5.85. The Labute approximate surface area is 199 Å². The molecule has 0 fully saturated rings. The Bertz CT molecular complexity index is 1100. The summed E-state index contributed by atoms with van der Waals surface area (Å²) in [4.78, 5) is 10.3. The van der Waals surface area contributed by atoms with Crippen LogP contribution in [0.1, 0.15) is 43.1 Å². The zero-order chi connectivity index (χ0) is 24.1. The molecule has 0 unspecified atom stereocenters. The number of aromatic amines is 1. The molecule has 0 spiro atoms. The van der Waals surface area contributed by atoms with Gasteiger partial charge in [0, 0.05) is 54.1 Å². The first-order chi connectivity index (χ1) is 16.4. The molecule has 6 nitrogen and oxygen atoms in total. The van der Waals surface area contributed by atoms with E-state index in [0.29, 0.717) is 44.3 Å². The van der Waals surface area contributed by atoms with Crippen molar-refractivity contribution in [3.05, 3.63) is 53.3 Å². The van der Waals surface area contributed by atoms with E-state index in [1.54, 1.807) is 33.2 Å². The molecule has 0 aliphatic carbocycles. The molecule has 8 heteroatoms. The van der Waals surface area contributed by atoms with E-state index in [9.17, 15) is 8.78 Å². The summed E-state index contributed by atoms with van der Waals surface area (Å²) >= 11 is 0. The van der Waals surface area contributed by atoms with Crippen LogP contribution < -0.4 is 14.8 Å². The molecule has 1 aliphatic heterocycles. The third-order valence-corrected chi connectivity index (χ3v) is 6.11. The van der Waals surface area contributed by atoms with Gasteiger partial charge in [0.25, 0.3) is 0 Å². The summed E-state index contributed by atoms with van der Waals surface area (Å²) < 4.78 is 38.5. The minimum absolute atomic E-state index is 0.218. The largest absolute Gasteiger partial charge is 0.496 e. The van der Waals surface area contributed by atoms with Gasteiger partial charge in [-0.15, -0.1) is 0 Å². The zero-order valence-electron chi connectivity index (χ0n) is 20.2. The van der Waals surface area contributed by atoms with Crippen molar-refractivity contribution in [3.8, 4) is 11.6 Å². The van der Waals surface area contributed by atoms with Gasteiger partial charge in [-0.3, -0.25) is 9.29 Å². The number of pyridine rings is 1. The van der Waals surface area contributed by atoms with Crippen LogP contribution in [0.25, 0.3) is 10.9 Å². The number of benzene rings is 1. The number of methoxy groups -OCH3 is 1. The van der Waals surface area contributed by atoms with E-state index in [4.69, 9.17) is 9.47 Å². The van der Waals surface area contributed by atoms with E-state index in [1.165, 1.54) is 10.9 Å². The van der Waals surface area contributed by atoms with Crippen molar-refractivity contribution in [2.24, 2.45) is 0 Å². The number of alkyl halides is 2. The number of hydrogen-bond donors (Lipinski definition) is 2. The second-order valence-corrected chi connectivity index (χ2v) is 9.31. The lowest BCUT2D eigenvalue weighted by Gasteiger charge is -2.38. The molecule has 2 aromatic heterocycles. The lowest BCUT2D eigenvalue weighted by atomic mass is 9.91. The first-order valence-electron chi connectivity index (χ1n) is 11.9. The Morgan fingerprint density at radius 3 is 2.85 bits per heavy atom. The van der Waals surface area contributed by atoms with Crippen molar-refractivity contribution in [2.45, 2.75) is 38.4 Å². The van der Waals surface area contributed by atoms with E-state index >= 15 is 0 Å². The number of aromatic nitrogens is 2. The van der Waals surface area contributed by atoms with Crippen LogP contribution in [0.4, 0.5) is 8.78 Å². The minimum Gasteiger partial charge on any atom is -0.496 e. The lowest BCUT2D eigenvalue weighted by Crippen LogP contribution is -2.43. The Hall–Kier alpha value is -2.71. The first kappa shape index (κ1) is 24.4. The van der Waals surface area contributed by atoms with Gasteiger partial charge < -0.3 is 19.8 Å². The van der Waals surface area contributed by atoms with E-state index in [0.717, 1.165) is 29.7 Å². The number of hydrogen-bond acceptors (Lipinski definition) is 5. The van der Waals surface area contributed by atoms with Crippen molar-refractivity contribution in [1.82, 2.24) is 20.2 Å². The van der Waals surface area contributed by atoms with Gasteiger partial charge in [0.15, 0.2) is 0 Å². The number of halogens is 2. The van der Waals surface area contributed by atoms with E-state index in [-0.39, 0.29) is 12.7 Å². The number of ether oxygens (including phenoxy) is 2. The summed E-state index contributed by atoms with van der Waals surface area (Å²) in [6.07, 6.45) is 3.11. The van der Waals surface area contributed by atoms with Gasteiger partial charge in [-0.05, 0) is 44.9 Å². The molecule has 184 valence electrons. The normalized spacial score (nSPS) is 16.6. The third kappa shape index (κ3) is 5.50. The fraction of sp³-hybridized carbons (Fsp3) is 0.500. The van der Waals surface area contributed by atoms with Crippen molar-refractivity contribution < 1.29 is 18.3 Å². The predicted molar refractivity (Wildman–Crippen MR) is 130 cm³/mol. The van der Waals surface area contributed by atoms with E-state index < -0.39 is 5.67 Å². The standard InChI is InChI=1S/C26H34F2N4O2/c1-26(2,28)17-32-13-9-19-18-7-4-5-8-21(18)31-24(19)25(32)20-16-30-23(15-22(20)33-3)34-14-12-29-11-6-10-27/h4-5,7-8,15-16,25,29,31H,6,9-14,17H2,1-3H3/t25-/m1/s1. The molecule has 0 radical (unpaired) electrons. The van der Waals surface area contributed by atoms with Crippen molar-refractivity contribution >= 4 is 10.9 Å². The highest BCUT2D eigenvalue weighted by atomic mass is 19.1. The first-order valence-corrected chi connectivity index (χ1v) is 11.9. The monoisotopic (exact) mass is 472 g/mol. The minimum atomic E-state index is -1.35. The second kappa shape index (κ2) is 10.7. The molecule has 4 rings (SSSR count). The van der Waals surface area contributed by atoms with Crippen LogP contribution in [0, 0.1) is 0 Å². The molecule has 0 amide bonds. The average Bonchev–Trinajstić information content (AvgIpc) is 3.19. The lowest BCUT2D eigenvalue weighted by molar-refractivity contribution is 0.0977. The molecule has 1 aromatic carbocycles. The highest BCUT2D eigenvalue weighted by Crippen LogP contribution is 2.42. The fourth-order valence-electron chi connectivity index (χ4n) is 4.73. The summed E-state index contributed by atoms with van der Waals surface area (Å²) in [7, 11) is 1.62. The van der Waals surface area contributed by atoms with Crippen molar-refractivity contribution in [2.75, 3.05) is 46.6 Å². The maximum absolute atomic E-state index is 14.8. The number of rotatable bonds is 11. The molecule has 2 N–H and O–H groups in total.